The molecule has 1 fully saturated rings. The molecule has 1 aliphatic carbocycles. The van der Waals surface area contributed by atoms with Crippen molar-refractivity contribution < 1.29 is 9.53 Å². The highest BCUT2D eigenvalue weighted by atomic mass is 16.5. The Hall–Kier alpha value is -1.71. The number of ether oxygens (including phenoxy) is 1. The molecule has 0 aromatic heterocycles. The number of hydrogen-bond donors (Lipinski definition) is 2. The minimum atomic E-state index is -0.0768. The van der Waals surface area contributed by atoms with Crippen LogP contribution in [0.1, 0.15) is 48.9 Å². The van der Waals surface area contributed by atoms with Crippen LogP contribution in [0.15, 0.2) is 18.2 Å². The van der Waals surface area contributed by atoms with Gasteiger partial charge in [0, 0.05) is 17.8 Å². The van der Waals surface area contributed by atoms with E-state index in [1.54, 1.807) is 25.3 Å². The van der Waals surface area contributed by atoms with Crippen LogP contribution < -0.4 is 15.8 Å². The summed E-state index contributed by atoms with van der Waals surface area (Å²) in [5.41, 5.74) is 6.89. The van der Waals surface area contributed by atoms with Gasteiger partial charge in [0.25, 0.3) is 5.91 Å². The van der Waals surface area contributed by atoms with Gasteiger partial charge in [-0.15, -0.1) is 0 Å². The molecule has 1 amide bonds. The van der Waals surface area contributed by atoms with Gasteiger partial charge in [0.15, 0.2) is 0 Å². The maximum Gasteiger partial charge on any atom is 0.253 e. The molecule has 0 aliphatic heterocycles. The summed E-state index contributed by atoms with van der Waals surface area (Å²) in [5.74, 6) is 0.593. The van der Waals surface area contributed by atoms with Crippen LogP contribution >= 0.6 is 0 Å². The largest absolute Gasteiger partial charge is 0.497 e. The smallest absolute Gasteiger partial charge is 0.253 e. The van der Waals surface area contributed by atoms with Crippen molar-refractivity contribution in [2.45, 2.75) is 44.6 Å². The Balaban J connectivity index is 2.02. The predicted molar refractivity (Wildman–Crippen MR) is 76.4 cm³/mol. The first-order chi connectivity index (χ1) is 9.20. The minimum absolute atomic E-state index is 0.0768. The lowest BCUT2D eigenvalue weighted by molar-refractivity contribution is 0.0934. The molecule has 1 saturated carbocycles. The summed E-state index contributed by atoms with van der Waals surface area (Å²) in [6, 6.07) is 5.46. The van der Waals surface area contributed by atoms with Crippen LogP contribution in [-0.2, 0) is 0 Å². The molecular formula is C15H22N2O2. The number of amides is 1. The van der Waals surface area contributed by atoms with E-state index in [9.17, 15) is 4.79 Å². The highest BCUT2D eigenvalue weighted by Gasteiger charge is 2.17. The van der Waals surface area contributed by atoms with Crippen molar-refractivity contribution in [1.29, 1.82) is 0 Å². The molecule has 1 aromatic rings. The normalized spacial score (nSPS) is 16.7. The zero-order chi connectivity index (χ0) is 13.7. The van der Waals surface area contributed by atoms with Gasteiger partial charge in [0.1, 0.15) is 5.75 Å². The standard InChI is InChI=1S/C15H22N2O2/c1-19-12-8-9-13(14(16)10-12)15(18)17-11-6-4-2-3-5-7-11/h8-11H,2-7,16H2,1H3,(H,17,18). The molecule has 104 valence electrons. The zero-order valence-electron chi connectivity index (χ0n) is 11.4. The molecule has 3 N–H and O–H groups in total. The number of hydrogen-bond acceptors (Lipinski definition) is 3. The van der Waals surface area contributed by atoms with Crippen LogP contribution in [0.25, 0.3) is 0 Å². The molecule has 0 unspecified atom stereocenters. The monoisotopic (exact) mass is 262 g/mol. The van der Waals surface area contributed by atoms with Gasteiger partial charge < -0.3 is 15.8 Å². The SMILES string of the molecule is COc1ccc(C(=O)NC2CCCCCC2)c(N)c1. The number of nitrogens with one attached hydrogen (secondary N) is 1. The Morgan fingerprint density at radius 1 is 1.26 bits per heavy atom. The number of nitrogens with two attached hydrogens (primary N) is 1. The van der Waals surface area contributed by atoms with Gasteiger partial charge in [-0.25, -0.2) is 0 Å². The molecule has 19 heavy (non-hydrogen) atoms. The fourth-order valence-electron chi connectivity index (χ4n) is 2.56. The summed E-state index contributed by atoms with van der Waals surface area (Å²) in [6.07, 6.45) is 7.09. The number of rotatable bonds is 3. The van der Waals surface area contributed by atoms with E-state index >= 15 is 0 Å². The van der Waals surface area contributed by atoms with E-state index in [-0.39, 0.29) is 11.9 Å². The van der Waals surface area contributed by atoms with Crippen molar-refractivity contribution in [3.63, 3.8) is 0 Å². The van der Waals surface area contributed by atoms with Crippen LogP contribution in [0.2, 0.25) is 0 Å². The fourth-order valence-corrected chi connectivity index (χ4v) is 2.56. The van der Waals surface area contributed by atoms with Crippen molar-refractivity contribution in [2.24, 2.45) is 0 Å². The van der Waals surface area contributed by atoms with E-state index in [1.165, 1.54) is 25.7 Å². The van der Waals surface area contributed by atoms with E-state index < -0.39 is 0 Å². The summed E-state index contributed by atoms with van der Waals surface area (Å²) >= 11 is 0. The number of anilines is 1. The highest BCUT2D eigenvalue weighted by Crippen LogP contribution is 2.21. The molecule has 4 heteroatoms. The van der Waals surface area contributed by atoms with Gasteiger partial charge in [-0.2, -0.15) is 0 Å². The van der Waals surface area contributed by atoms with Crippen molar-refractivity contribution in [1.82, 2.24) is 5.32 Å². The third kappa shape index (κ3) is 3.63. The third-order valence-electron chi connectivity index (χ3n) is 3.69. The van der Waals surface area contributed by atoms with Gasteiger partial charge in [0.05, 0.1) is 12.7 Å². The lowest BCUT2D eigenvalue weighted by Crippen LogP contribution is -2.34. The van der Waals surface area contributed by atoms with Crippen molar-refractivity contribution in [2.75, 3.05) is 12.8 Å². The topological polar surface area (TPSA) is 64.3 Å². The lowest BCUT2D eigenvalue weighted by atomic mass is 10.1. The van der Waals surface area contributed by atoms with E-state index in [0.717, 1.165) is 12.8 Å². The summed E-state index contributed by atoms with van der Waals surface area (Å²) < 4.78 is 5.08. The molecule has 0 bridgehead atoms. The van der Waals surface area contributed by atoms with Gasteiger partial charge in [0.2, 0.25) is 0 Å². The highest BCUT2D eigenvalue weighted by molar-refractivity contribution is 5.99. The molecule has 0 atom stereocenters. The van der Waals surface area contributed by atoms with Crippen LogP contribution in [0.3, 0.4) is 0 Å². The quantitative estimate of drug-likeness (QED) is 0.650. The second kappa shape index (κ2) is 6.45. The number of carbonyl (C=O) groups is 1. The van der Waals surface area contributed by atoms with Crippen molar-refractivity contribution >= 4 is 11.6 Å². The molecule has 1 aliphatic rings. The van der Waals surface area contributed by atoms with Crippen LogP contribution in [-0.4, -0.2) is 19.1 Å². The van der Waals surface area contributed by atoms with Crippen molar-refractivity contribution in [3.05, 3.63) is 23.8 Å². The number of methoxy groups -OCH3 is 1. The average molecular weight is 262 g/mol. The van der Waals surface area contributed by atoms with Gasteiger partial charge in [-0.1, -0.05) is 25.7 Å². The molecule has 2 rings (SSSR count). The van der Waals surface area contributed by atoms with Gasteiger partial charge >= 0.3 is 0 Å². The van der Waals surface area contributed by atoms with Crippen LogP contribution in [0.5, 0.6) is 5.75 Å². The van der Waals surface area contributed by atoms with Gasteiger partial charge in [-0.3, -0.25) is 4.79 Å². The van der Waals surface area contributed by atoms with E-state index in [1.807, 2.05) is 0 Å². The molecule has 1 aromatic carbocycles. The maximum atomic E-state index is 12.2. The van der Waals surface area contributed by atoms with E-state index in [0.29, 0.717) is 17.0 Å². The molecular weight excluding hydrogens is 240 g/mol. The molecule has 0 heterocycles. The van der Waals surface area contributed by atoms with E-state index in [2.05, 4.69) is 5.32 Å². The Morgan fingerprint density at radius 3 is 2.53 bits per heavy atom. The summed E-state index contributed by atoms with van der Waals surface area (Å²) in [4.78, 5) is 12.2. The minimum Gasteiger partial charge on any atom is -0.497 e. The first-order valence-electron chi connectivity index (χ1n) is 6.95. The molecule has 0 spiro atoms. The Bertz CT molecular complexity index is 438. The summed E-state index contributed by atoms with van der Waals surface area (Å²) in [7, 11) is 1.58. The second-order valence-electron chi connectivity index (χ2n) is 5.12. The Morgan fingerprint density at radius 2 is 1.95 bits per heavy atom. The molecule has 0 radical (unpaired) electrons. The summed E-state index contributed by atoms with van der Waals surface area (Å²) in [6.45, 7) is 0. The second-order valence-corrected chi connectivity index (χ2v) is 5.12. The van der Waals surface area contributed by atoms with Crippen LogP contribution in [0, 0.1) is 0 Å². The van der Waals surface area contributed by atoms with Crippen LogP contribution in [0.4, 0.5) is 5.69 Å². The lowest BCUT2D eigenvalue weighted by Gasteiger charge is -2.17. The third-order valence-corrected chi connectivity index (χ3v) is 3.69. The average Bonchev–Trinajstić information content (AvgIpc) is 2.67. The number of benzene rings is 1. The first-order valence-corrected chi connectivity index (χ1v) is 6.95. The molecule has 4 nitrogen and oxygen atoms in total. The first kappa shape index (κ1) is 13.7. The zero-order valence-corrected chi connectivity index (χ0v) is 11.4. The molecule has 0 saturated heterocycles. The van der Waals surface area contributed by atoms with Crippen molar-refractivity contribution in [3.8, 4) is 5.75 Å². The Kier molecular flexibility index (Phi) is 4.66. The maximum absolute atomic E-state index is 12.2. The fraction of sp³-hybridized carbons (Fsp3) is 0.533. The summed E-state index contributed by atoms with van der Waals surface area (Å²) in [5, 5.41) is 3.09. The number of carbonyl (C=O) groups excluding carboxylic acids is 1. The number of nitrogen functional groups attached to an aromatic ring is 1. The Labute approximate surface area is 114 Å². The predicted octanol–water partition coefficient (Wildman–Crippen LogP) is 2.73. The van der Waals surface area contributed by atoms with E-state index in [4.69, 9.17) is 10.5 Å². The van der Waals surface area contributed by atoms with Gasteiger partial charge in [-0.05, 0) is 25.0 Å².